The molecule has 1 atom stereocenters. The van der Waals surface area contributed by atoms with Gasteiger partial charge in [0.2, 0.25) is 0 Å². The zero-order valence-electron chi connectivity index (χ0n) is 14.8. The predicted molar refractivity (Wildman–Crippen MR) is 99.6 cm³/mol. The van der Waals surface area contributed by atoms with E-state index in [9.17, 15) is 29.6 Å². The third-order valence-electron chi connectivity index (χ3n) is 4.35. The number of cyclic esters (lactones) is 1. The minimum atomic E-state index is -1.48. The second-order valence-electron chi connectivity index (χ2n) is 6.07. The first-order chi connectivity index (χ1) is 13.8. The van der Waals surface area contributed by atoms with E-state index in [0.717, 1.165) is 17.0 Å². The van der Waals surface area contributed by atoms with Gasteiger partial charge >= 0.3 is 12.1 Å². The first-order valence-corrected chi connectivity index (χ1v) is 8.34. The molecule has 2 aromatic rings. The number of hydrogen-bond donors (Lipinski definition) is 2. The normalized spacial score (nSPS) is 16.4. The quantitative estimate of drug-likeness (QED) is 0.431. The molecule has 1 saturated heterocycles. The summed E-state index contributed by atoms with van der Waals surface area (Å²) in [7, 11) is 0. The Bertz CT molecular complexity index is 1030. The summed E-state index contributed by atoms with van der Waals surface area (Å²) in [4.78, 5) is 47.4. The van der Waals surface area contributed by atoms with E-state index in [1.54, 1.807) is 30.3 Å². The smallest absolute Gasteiger partial charge is 0.415 e. The molecule has 148 valence electrons. The molecule has 0 aromatic heterocycles. The van der Waals surface area contributed by atoms with Crippen LogP contribution in [0.15, 0.2) is 54.2 Å². The summed E-state index contributed by atoms with van der Waals surface area (Å²) in [5.41, 5.74) is 4.28. The number of carboxylic acid groups (broad SMARTS) is 1. The number of nitro groups is 1. The van der Waals surface area contributed by atoms with E-state index in [1.807, 2.05) is 0 Å². The molecule has 1 heterocycles. The van der Waals surface area contributed by atoms with Crippen molar-refractivity contribution in [1.29, 1.82) is 0 Å². The maximum atomic E-state index is 12.3. The number of carboxylic acids is 1. The summed E-state index contributed by atoms with van der Waals surface area (Å²) < 4.78 is 5.02. The number of primary amides is 1. The highest BCUT2D eigenvalue weighted by Gasteiger charge is 2.39. The molecule has 29 heavy (non-hydrogen) atoms. The van der Waals surface area contributed by atoms with Crippen molar-refractivity contribution in [2.75, 3.05) is 6.61 Å². The van der Waals surface area contributed by atoms with Gasteiger partial charge in [-0.15, -0.1) is 0 Å². The molecule has 10 nitrogen and oxygen atoms in total. The van der Waals surface area contributed by atoms with Gasteiger partial charge in [-0.1, -0.05) is 42.5 Å². The van der Waals surface area contributed by atoms with Crippen LogP contribution in [0.1, 0.15) is 27.5 Å². The minimum absolute atomic E-state index is 0.0783. The van der Waals surface area contributed by atoms with Gasteiger partial charge < -0.3 is 15.6 Å². The fourth-order valence-electron chi connectivity index (χ4n) is 3.09. The SMILES string of the molecule is NC(=O)c1c(C=C(C(=O)O)N2C(=O)OC[C@H]2c2ccccc2)cccc1[N+](=O)[O-]. The van der Waals surface area contributed by atoms with E-state index in [1.165, 1.54) is 12.1 Å². The van der Waals surface area contributed by atoms with Gasteiger partial charge in [0.15, 0.2) is 0 Å². The summed E-state index contributed by atoms with van der Waals surface area (Å²) in [5.74, 6) is -2.58. The van der Waals surface area contributed by atoms with E-state index < -0.39 is 45.9 Å². The number of amides is 2. The topological polar surface area (TPSA) is 153 Å². The van der Waals surface area contributed by atoms with Crippen LogP contribution >= 0.6 is 0 Å². The van der Waals surface area contributed by atoms with Crippen LogP contribution in [0.4, 0.5) is 10.5 Å². The molecular formula is C19H15N3O7. The Kier molecular flexibility index (Phi) is 5.26. The van der Waals surface area contributed by atoms with E-state index in [0.29, 0.717) is 5.56 Å². The summed E-state index contributed by atoms with van der Waals surface area (Å²) in [5, 5.41) is 20.9. The Morgan fingerprint density at radius 1 is 1.21 bits per heavy atom. The number of aliphatic carboxylic acids is 1. The lowest BCUT2D eigenvalue weighted by molar-refractivity contribution is -0.385. The standard InChI is InChI=1S/C19H15N3O7/c20-17(23)16-12(7-4-8-13(16)22(27)28)9-14(18(24)25)21-15(10-29-19(21)26)11-5-2-1-3-6-11/h1-9,15H,10H2,(H2,20,23)(H,24,25)/t15-/m0/s1. The largest absolute Gasteiger partial charge is 0.477 e. The van der Waals surface area contributed by atoms with Crippen molar-refractivity contribution in [3.05, 3.63) is 81.0 Å². The lowest BCUT2D eigenvalue weighted by Gasteiger charge is -2.22. The van der Waals surface area contributed by atoms with Gasteiger partial charge in [0.1, 0.15) is 17.9 Å². The number of benzene rings is 2. The second kappa shape index (κ2) is 7.80. The van der Waals surface area contributed by atoms with Crippen molar-refractivity contribution < 1.29 is 29.2 Å². The van der Waals surface area contributed by atoms with Gasteiger partial charge in [0, 0.05) is 6.07 Å². The van der Waals surface area contributed by atoms with E-state index in [4.69, 9.17) is 10.5 Å². The molecule has 0 unspecified atom stereocenters. The monoisotopic (exact) mass is 397 g/mol. The molecule has 2 amide bonds. The van der Waals surface area contributed by atoms with Gasteiger partial charge in [0.25, 0.3) is 11.6 Å². The van der Waals surface area contributed by atoms with Crippen molar-refractivity contribution in [2.45, 2.75) is 6.04 Å². The van der Waals surface area contributed by atoms with Gasteiger partial charge in [0.05, 0.1) is 11.0 Å². The number of carbonyl (C=O) groups is 3. The maximum absolute atomic E-state index is 12.3. The summed E-state index contributed by atoms with van der Waals surface area (Å²) >= 11 is 0. The van der Waals surface area contributed by atoms with Crippen LogP contribution in [-0.2, 0) is 9.53 Å². The van der Waals surface area contributed by atoms with Crippen molar-refractivity contribution in [1.82, 2.24) is 4.90 Å². The summed E-state index contributed by atoms with van der Waals surface area (Å²) in [6.07, 6.45) is 0.108. The third kappa shape index (κ3) is 3.76. The number of nitro benzene ring substituents is 1. The van der Waals surface area contributed by atoms with Gasteiger partial charge in [-0.3, -0.25) is 19.8 Å². The number of nitrogens with zero attached hydrogens (tertiary/aromatic N) is 2. The molecular weight excluding hydrogens is 382 g/mol. The lowest BCUT2D eigenvalue weighted by Crippen LogP contribution is -2.31. The molecule has 3 N–H and O–H groups in total. The van der Waals surface area contributed by atoms with Gasteiger partial charge in [-0.05, 0) is 17.2 Å². The number of rotatable bonds is 6. The Labute approximate surface area is 163 Å². The van der Waals surface area contributed by atoms with Crippen LogP contribution in [0, 0.1) is 10.1 Å². The molecule has 3 rings (SSSR count). The second-order valence-corrected chi connectivity index (χ2v) is 6.07. The Morgan fingerprint density at radius 2 is 1.90 bits per heavy atom. The zero-order valence-corrected chi connectivity index (χ0v) is 14.8. The molecule has 2 aromatic carbocycles. The van der Waals surface area contributed by atoms with Crippen LogP contribution in [0.5, 0.6) is 0 Å². The molecule has 1 fully saturated rings. The number of hydrogen-bond acceptors (Lipinski definition) is 6. The van der Waals surface area contributed by atoms with Gasteiger partial charge in [-0.25, -0.2) is 9.59 Å². The van der Waals surface area contributed by atoms with Crippen molar-refractivity contribution >= 4 is 29.7 Å². The number of ether oxygens (including phenoxy) is 1. The molecule has 0 aliphatic carbocycles. The number of carbonyl (C=O) groups excluding carboxylic acids is 2. The highest BCUT2D eigenvalue weighted by molar-refractivity contribution is 6.03. The van der Waals surface area contributed by atoms with Gasteiger partial charge in [-0.2, -0.15) is 0 Å². The fourth-order valence-corrected chi connectivity index (χ4v) is 3.09. The van der Waals surface area contributed by atoms with Crippen molar-refractivity contribution in [2.24, 2.45) is 5.73 Å². The highest BCUT2D eigenvalue weighted by atomic mass is 16.6. The van der Waals surface area contributed by atoms with Crippen LogP contribution < -0.4 is 5.73 Å². The predicted octanol–water partition coefficient (Wildman–Crippen LogP) is 2.31. The molecule has 1 aliphatic rings. The Hall–Kier alpha value is -4.21. The summed E-state index contributed by atoms with van der Waals surface area (Å²) in [6, 6.07) is 11.6. The average molecular weight is 397 g/mol. The minimum Gasteiger partial charge on any atom is -0.477 e. The summed E-state index contributed by atoms with van der Waals surface area (Å²) in [6.45, 7) is -0.0783. The van der Waals surface area contributed by atoms with Crippen molar-refractivity contribution in [3.8, 4) is 0 Å². The first kappa shape index (κ1) is 19.5. The highest BCUT2D eigenvalue weighted by Crippen LogP contribution is 2.33. The van der Waals surface area contributed by atoms with Crippen molar-refractivity contribution in [3.63, 3.8) is 0 Å². The van der Waals surface area contributed by atoms with Crippen LogP contribution in [0.3, 0.4) is 0 Å². The van der Waals surface area contributed by atoms with E-state index >= 15 is 0 Å². The first-order valence-electron chi connectivity index (χ1n) is 8.34. The lowest BCUT2D eigenvalue weighted by atomic mass is 10.0. The fraction of sp³-hybridized carbons (Fsp3) is 0.105. The molecule has 0 bridgehead atoms. The number of nitrogens with two attached hydrogens (primary N) is 1. The third-order valence-corrected chi connectivity index (χ3v) is 4.35. The molecule has 1 aliphatic heterocycles. The average Bonchev–Trinajstić information content (AvgIpc) is 3.07. The molecule has 0 radical (unpaired) electrons. The molecule has 10 heteroatoms. The maximum Gasteiger partial charge on any atom is 0.415 e. The molecule has 0 spiro atoms. The Balaban J connectivity index is 2.16. The Morgan fingerprint density at radius 3 is 2.48 bits per heavy atom. The van der Waals surface area contributed by atoms with Crippen LogP contribution in [-0.4, -0.2) is 39.5 Å². The van der Waals surface area contributed by atoms with Crippen LogP contribution in [0.2, 0.25) is 0 Å². The molecule has 0 saturated carbocycles. The van der Waals surface area contributed by atoms with E-state index in [2.05, 4.69) is 0 Å². The zero-order chi connectivity index (χ0) is 21.1. The van der Waals surface area contributed by atoms with Crippen LogP contribution in [0.25, 0.3) is 6.08 Å². The van der Waals surface area contributed by atoms with E-state index in [-0.39, 0.29) is 12.2 Å².